The Bertz CT molecular complexity index is 1150. The molecular formula is C24H21N3O4S. The van der Waals surface area contributed by atoms with Crippen molar-refractivity contribution in [2.75, 3.05) is 11.1 Å². The Balaban J connectivity index is 1.41. The van der Waals surface area contributed by atoms with Crippen LogP contribution in [0.15, 0.2) is 83.8 Å². The van der Waals surface area contributed by atoms with Gasteiger partial charge in [-0.2, -0.15) is 0 Å². The van der Waals surface area contributed by atoms with E-state index in [0.717, 1.165) is 5.75 Å². The lowest BCUT2D eigenvalue weighted by atomic mass is 10.1. The molecule has 1 heterocycles. The van der Waals surface area contributed by atoms with Crippen molar-refractivity contribution in [2.45, 2.75) is 17.4 Å². The molecule has 0 spiro atoms. The third-order valence-electron chi connectivity index (χ3n) is 4.86. The number of hydrogen-bond donors (Lipinski definition) is 3. The molecule has 0 radical (unpaired) electrons. The van der Waals surface area contributed by atoms with Crippen LogP contribution in [0.25, 0.3) is 0 Å². The van der Waals surface area contributed by atoms with Crippen LogP contribution in [0.1, 0.15) is 17.3 Å². The average molecular weight is 448 g/mol. The van der Waals surface area contributed by atoms with Gasteiger partial charge in [0.1, 0.15) is 17.0 Å². The maximum absolute atomic E-state index is 12.9. The molecule has 1 aliphatic rings. The standard InChI is InChI=1S/C24H21N3O4S/c1-24(22(29)26-23(30)27-24)15-32-20-10-6-5-9-19(20)21(28)25-16-11-13-18(14-12-16)31-17-7-3-2-4-8-17/h2-14H,15H2,1H3,(H,25,28)(H2,26,27,29,30)/t24-/m1/s1. The van der Waals surface area contributed by atoms with Gasteiger partial charge >= 0.3 is 6.03 Å². The molecule has 0 unspecified atom stereocenters. The number of nitrogens with one attached hydrogen (secondary N) is 3. The number of benzene rings is 3. The van der Waals surface area contributed by atoms with Crippen LogP contribution in [0, 0.1) is 0 Å². The highest BCUT2D eigenvalue weighted by Crippen LogP contribution is 2.28. The Morgan fingerprint density at radius 1 is 0.938 bits per heavy atom. The normalized spacial score (nSPS) is 17.4. The third-order valence-corrected chi connectivity index (χ3v) is 6.25. The van der Waals surface area contributed by atoms with Gasteiger partial charge in [0.15, 0.2) is 0 Å². The number of amides is 4. The van der Waals surface area contributed by atoms with Gasteiger partial charge in [-0.3, -0.25) is 14.9 Å². The molecule has 3 N–H and O–H groups in total. The zero-order valence-corrected chi connectivity index (χ0v) is 18.1. The Morgan fingerprint density at radius 2 is 1.59 bits per heavy atom. The molecule has 1 saturated heterocycles. The molecule has 7 nitrogen and oxygen atoms in total. The van der Waals surface area contributed by atoms with Crippen molar-refractivity contribution in [3.8, 4) is 11.5 Å². The first-order valence-corrected chi connectivity index (χ1v) is 10.9. The predicted molar refractivity (Wildman–Crippen MR) is 123 cm³/mol. The van der Waals surface area contributed by atoms with E-state index >= 15 is 0 Å². The van der Waals surface area contributed by atoms with E-state index in [1.165, 1.54) is 11.8 Å². The Labute approximate surface area is 189 Å². The smallest absolute Gasteiger partial charge is 0.322 e. The lowest BCUT2D eigenvalue weighted by Gasteiger charge is -2.20. The van der Waals surface area contributed by atoms with Gasteiger partial charge in [-0.1, -0.05) is 30.3 Å². The first kappa shape index (κ1) is 21.5. The summed E-state index contributed by atoms with van der Waals surface area (Å²) in [5, 5.41) is 7.76. The maximum Gasteiger partial charge on any atom is 0.322 e. The Morgan fingerprint density at radius 3 is 2.28 bits per heavy atom. The van der Waals surface area contributed by atoms with Crippen LogP contribution in [0.3, 0.4) is 0 Å². The molecular weight excluding hydrogens is 426 g/mol. The van der Waals surface area contributed by atoms with Gasteiger partial charge in [-0.15, -0.1) is 11.8 Å². The Kier molecular flexibility index (Phi) is 6.13. The topological polar surface area (TPSA) is 96.5 Å². The van der Waals surface area contributed by atoms with E-state index in [1.807, 2.05) is 42.5 Å². The molecule has 162 valence electrons. The first-order valence-electron chi connectivity index (χ1n) is 9.93. The SMILES string of the molecule is C[C@]1(CSc2ccccc2C(=O)Nc2ccc(Oc3ccccc3)cc2)NC(=O)NC1=O. The van der Waals surface area contributed by atoms with E-state index in [1.54, 1.807) is 43.3 Å². The van der Waals surface area contributed by atoms with Crippen LogP contribution >= 0.6 is 11.8 Å². The van der Waals surface area contributed by atoms with Gasteiger partial charge in [0, 0.05) is 16.3 Å². The van der Waals surface area contributed by atoms with Crippen molar-refractivity contribution in [3.05, 3.63) is 84.4 Å². The summed E-state index contributed by atoms with van der Waals surface area (Å²) >= 11 is 1.34. The van der Waals surface area contributed by atoms with Crippen LogP contribution in [-0.2, 0) is 4.79 Å². The average Bonchev–Trinajstić information content (AvgIpc) is 3.06. The number of ether oxygens (including phenoxy) is 1. The van der Waals surface area contributed by atoms with Gasteiger partial charge in [0.05, 0.1) is 5.56 Å². The molecule has 0 bridgehead atoms. The van der Waals surface area contributed by atoms with Crippen LogP contribution in [0.5, 0.6) is 11.5 Å². The fraction of sp³-hybridized carbons (Fsp3) is 0.125. The summed E-state index contributed by atoms with van der Waals surface area (Å²) in [6, 6.07) is 23.2. The van der Waals surface area contributed by atoms with Crippen molar-refractivity contribution >= 4 is 35.3 Å². The predicted octanol–water partition coefficient (Wildman–Crippen LogP) is 4.42. The van der Waals surface area contributed by atoms with E-state index in [9.17, 15) is 14.4 Å². The lowest BCUT2D eigenvalue weighted by molar-refractivity contribution is -0.122. The summed E-state index contributed by atoms with van der Waals surface area (Å²) in [5.41, 5.74) is 0.0833. The number of anilines is 1. The summed E-state index contributed by atoms with van der Waals surface area (Å²) in [7, 11) is 0. The number of para-hydroxylation sites is 1. The number of carbonyl (C=O) groups excluding carboxylic acids is 3. The zero-order valence-electron chi connectivity index (χ0n) is 17.3. The summed E-state index contributed by atoms with van der Waals surface area (Å²) in [4.78, 5) is 37.1. The quantitative estimate of drug-likeness (QED) is 0.368. The molecule has 4 rings (SSSR count). The second kappa shape index (κ2) is 9.15. The second-order valence-electron chi connectivity index (χ2n) is 7.42. The molecule has 0 aliphatic carbocycles. The minimum Gasteiger partial charge on any atom is -0.457 e. The fourth-order valence-electron chi connectivity index (χ4n) is 3.11. The van der Waals surface area contributed by atoms with Gasteiger partial charge in [-0.25, -0.2) is 4.79 Å². The third kappa shape index (κ3) is 4.92. The summed E-state index contributed by atoms with van der Waals surface area (Å²) < 4.78 is 5.77. The van der Waals surface area contributed by atoms with Crippen molar-refractivity contribution in [3.63, 3.8) is 0 Å². The summed E-state index contributed by atoms with van der Waals surface area (Å²) in [5.74, 6) is 1.04. The van der Waals surface area contributed by atoms with Crippen molar-refractivity contribution in [1.82, 2.24) is 10.6 Å². The number of imide groups is 1. The van der Waals surface area contributed by atoms with Gasteiger partial charge < -0.3 is 15.4 Å². The molecule has 8 heteroatoms. The van der Waals surface area contributed by atoms with Gasteiger partial charge in [-0.05, 0) is 55.5 Å². The number of carbonyl (C=O) groups is 3. The van der Waals surface area contributed by atoms with Crippen LogP contribution in [0.4, 0.5) is 10.5 Å². The zero-order chi connectivity index (χ0) is 22.6. The van der Waals surface area contributed by atoms with Gasteiger partial charge in [0.2, 0.25) is 0 Å². The van der Waals surface area contributed by atoms with E-state index in [-0.39, 0.29) is 11.8 Å². The number of rotatable bonds is 7. The van der Waals surface area contributed by atoms with Crippen molar-refractivity contribution in [1.29, 1.82) is 0 Å². The van der Waals surface area contributed by atoms with E-state index in [4.69, 9.17) is 4.74 Å². The molecule has 32 heavy (non-hydrogen) atoms. The number of hydrogen-bond acceptors (Lipinski definition) is 5. The molecule has 3 aromatic carbocycles. The Hall–Kier alpha value is -3.78. The minimum atomic E-state index is -1.03. The summed E-state index contributed by atoms with van der Waals surface area (Å²) in [6.45, 7) is 1.65. The van der Waals surface area contributed by atoms with Crippen LogP contribution in [-0.4, -0.2) is 29.1 Å². The minimum absolute atomic E-state index is 0.269. The van der Waals surface area contributed by atoms with Crippen molar-refractivity contribution < 1.29 is 19.1 Å². The van der Waals surface area contributed by atoms with Crippen LogP contribution < -0.4 is 20.7 Å². The molecule has 3 aromatic rings. The van der Waals surface area contributed by atoms with Crippen LogP contribution in [0.2, 0.25) is 0 Å². The fourth-order valence-corrected chi connectivity index (χ4v) is 4.25. The molecule has 0 saturated carbocycles. The first-order chi connectivity index (χ1) is 15.4. The molecule has 4 amide bonds. The maximum atomic E-state index is 12.9. The number of urea groups is 1. The highest BCUT2D eigenvalue weighted by molar-refractivity contribution is 7.99. The number of thioether (sulfide) groups is 1. The summed E-state index contributed by atoms with van der Waals surface area (Å²) in [6.07, 6.45) is 0. The van der Waals surface area contributed by atoms with E-state index in [2.05, 4.69) is 16.0 Å². The highest BCUT2D eigenvalue weighted by atomic mass is 32.2. The molecule has 1 atom stereocenters. The second-order valence-corrected chi connectivity index (χ2v) is 8.44. The molecule has 1 fully saturated rings. The largest absolute Gasteiger partial charge is 0.457 e. The monoisotopic (exact) mass is 447 g/mol. The van der Waals surface area contributed by atoms with Gasteiger partial charge in [0.25, 0.3) is 11.8 Å². The van der Waals surface area contributed by atoms with E-state index < -0.39 is 11.6 Å². The highest BCUT2D eigenvalue weighted by Gasteiger charge is 2.41. The lowest BCUT2D eigenvalue weighted by Crippen LogP contribution is -2.46. The molecule has 0 aromatic heterocycles. The molecule has 1 aliphatic heterocycles. The van der Waals surface area contributed by atoms with E-state index in [0.29, 0.717) is 27.6 Å². The van der Waals surface area contributed by atoms with Crippen molar-refractivity contribution in [2.24, 2.45) is 0 Å².